The number of rotatable bonds is 4. The van der Waals surface area contributed by atoms with Crippen molar-refractivity contribution in [3.05, 3.63) is 34.9 Å². The summed E-state index contributed by atoms with van der Waals surface area (Å²) in [6.07, 6.45) is 0. The van der Waals surface area contributed by atoms with Crippen LogP contribution in [0.5, 0.6) is 0 Å². The van der Waals surface area contributed by atoms with Crippen molar-refractivity contribution in [2.45, 2.75) is 25.2 Å². The Labute approximate surface area is 110 Å². The van der Waals surface area contributed by atoms with Crippen LogP contribution in [0, 0.1) is 5.92 Å². The van der Waals surface area contributed by atoms with E-state index in [1.54, 1.807) is 0 Å². The van der Waals surface area contributed by atoms with Crippen LogP contribution < -0.4 is 5.32 Å². The Morgan fingerprint density at radius 1 is 1.50 bits per heavy atom. The molecule has 1 unspecified atom stereocenters. The molecule has 0 spiro atoms. The topological polar surface area (TPSA) is 29.1 Å². The van der Waals surface area contributed by atoms with E-state index in [1.807, 2.05) is 38.1 Å². The fourth-order valence-electron chi connectivity index (χ4n) is 1.24. The maximum Gasteiger partial charge on any atom is 0.234 e. The Bertz CT molecular complexity index is 368. The normalized spacial score (nSPS) is 12.6. The first-order valence-electron chi connectivity index (χ1n) is 5.17. The summed E-state index contributed by atoms with van der Waals surface area (Å²) >= 11 is 9.21. The van der Waals surface area contributed by atoms with Crippen molar-refractivity contribution in [3.63, 3.8) is 0 Å². The molecule has 0 saturated carbocycles. The van der Waals surface area contributed by atoms with Gasteiger partial charge in [0.25, 0.3) is 0 Å². The van der Waals surface area contributed by atoms with Crippen LogP contribution in [0.25, 0.3) is 0 Å². The van der Waals surface area contributed by atoms with E-state index < -0.39 is 0 Å². The van der Waals surface area contributed by atoms with Crippen molar-refractivity contribution >= 4 is 33.4 Å². The van der Waals surface area contributed by atoms with Crippen LogP contribution in [0.1, 0.15) is 19.4 Å². The summed E-state index contributed by atoms with van der Waals surface area (Å²) in [5, 5.41) is 3.55. The molecule has 0 aliphatic heterocycles. The number of nitrogens with one attached hydrogen (secondary N) is 1. The minimum atomic E-state index is -0.147. The molecule has 0 aliphatic rings. The quantitative estimate of drug-likeness (QED) is 0.849. The second-order valence-electron chi connectivity index (χ2n) is 3.99. The molecule has 0 saturated heterocycles. The van der Waals surface area contributed by atoms with Crippen LogP contribution in [-0.4, -0.2) is 10.7 Å². The summed E-state index contributed by atoms with van der Waals surface area (Å²) in [6, 6.07) is 7.47. The summed E-state index contributed by atoms with van der Waals surface area (Å²) in [5.41, 5.74) is 1.00. The number of hydrogen-bond donors (Lipinski definition) is 1. The van der Waals surface area contributed by atoms with Crippen LogP contribution in [0.15, 0.2) is 24.3 Å². The van der Waals surface area contributed by atoms with Crippen molar-refractivity contribution in [1.82, 2.24) is 5.32 Å². The molecule has 4 heteroatoms. The lowest BCUT2D eigenvalue weighted by Gasteiger charge is -2.13. The molecule has 0 fully saturated rings. The molecular formula is C12H15BrClNO. The minimum Gasteiger partial charge on any atom is -0.351 e. The zero-order chi connectivity index (χ0) is 12.1. The van der Waals surface area contributed by atoms with Crippen molar-refractivity contribution in [1.29, 1.82) is 0 Å². The van der Waals surface area contributed by atoms with Gasteiger partial charge in [0.05, 0.1) is 4.83 Å². The predicted molar refractivity (Wildman–Crippen MR) is 70.9 cm³/mol. The molecule has 88 valence electrons. The molecule has 0 radical (unpaired) electrons. The van der Waals surface area contributed by atoms with Crippen molar-refractivity contribution < 1.29 is 4.79 Å². The molecule has 0 aliphatic carbocycles. The molecule has 1 aromatic carbocycles. The molecule has 2 nitrogen and oxygen atoms in total. The number of benzene rings is 1. The Kier molecular flexibility index (Phi) is 5.29. The lowest BCUT2D eigenvalue weighted by atomic mass is 10.1. The molecule has 1 amide bonds. The lowest BCUT2D eigenvalue weighted by molar-refractivity contribution is -0.121. The second kappa shape index (κ2) is 6.26. The van der Waals surface area contributed by atoms with Gasteiger partial charge in [-0.1, -0.05) is 53.5 Å². The SMILES string of the molecule is CC(C)C(Br)C(=O)NCc1cccc(Cl)c1. The Balaban J connectivity index is 2.49. The summed E-state index contributed by atoms with van der Waals surface area (Å²) in [5.74, 6) is 0.286. The van der Waals surface area contributed by atoms with Gasteiger partial charge in [-0.3, -0.25) is 4.79 Å². The first kappa shape index (κ1) is 13.5. The molecule has 1 atom stereocenters. The molecule has 1 N–H and O–H groups in total. The van der Waals surface area contributed by atoms with Crippen LogP contribution in [0.3, 0.4) is 0 Å². The standard InChI is InChI=1S/C12H15BrClNO/c1-8(2)11(13)12(16)15-7-9-4-3-5-10(14)6-9/h3-6,8,11H,7H2,1-2H3,(H,15,16). The first-order valence-corrected chi connectivity index (χ1v) is 6.46. The number of halogens is 2. The van der Waals surface area contributed by atoms with Crippen LogP contribution in [-0.2, 0) is 11.3 Å². The summed E-state index contributed by atoms with van der Waals surface area (Å²) in [7, 11) is 0. The average molecular weight is 305 g/mol. The molecule has 16 heavy (non-hydrogen) atoms. The van der Waals surface area contributed by atoms with Crippen LogP contribution in [0.4, 0.5) is 0 Å². The van der Waals surface area contributed by atoms with Gasteiger partial charge in [-0.05, 0) is 23.6 Å². The number of hydrogen-bond acceptors (Lipinski definition) is 1. The van der Waals surface area contributed by atoms with Crippen molar-refractivity contribution in [2.75, 3.05) is 0 Å². The fraction of sp³-hybridized carbons (Fsp3) is 0.417. The van der Waals surface area contributed by atoms with Crippen molar-refractivity contribution in [2.24, 2.45) is 5.92 Å². The average Bonchev–Trinajstić information content (AvgIpc) is 2.24. The monoisotopic (exact) mass is 303 g/mol. The molecule has 1 rings (SSSR count). The van der Waals surface area contributed by atoms with Crippen LogP contribution in [0.2, 0.25) is 5.02 Å². The maximum atomic E-state index is 11.7. The highest BCUT2D eigenvalue weighted by Crippen LogP contribution is 2.13. The first-order chi connectivity index (χ1) is 7.50. The van der Waals surface area contributed by atoms with Gasteiger partial charge in [0.1, 0.15) is 0 Å². The zero-order valence-corrected chi connectivity index (χ0v) is 11.7. The van der Waals surface area contributed by atoms with E-state index in [-0.39, 0.29) is 16.7 Å². The van der Waals surface area contributed by atoms with Gasteiger partial charge in [0.15, 0.2) is 0 Å². The van der Waals surface area contributed by atoms with E-state index in [2.05, 4.69) is 21.2 Å². The highest BCUT2D eigenvalue weighted by molar-refractivity contribution is 9.10. The van der Waals surface area contributed by atoms with E-state index >= 15 is 0 Å². The minimum absolute atomic E-state index is 0.00924. The van der Waals surface area contributed by atoms with E-state index in [0.29, 0.717) is 11.6 Å². The maximum absolute atomic E-state index is 11.7. The predicted octanol–water partition coefficient (Wildman–Crippen LogP) is 3.38. The van der Waals surface area contributed by atoms with E-state index in [0.717, 1.165) is 5.56 Å². The number of amides is 1. The van der Waals surface area contributed by atoms with Gasteiger partial charge >= 0.3 is 0 Å². The van der Waals surface area contributed by atoms with E-state index in [1.165, 1.54) is 0 Å². The van der Waals surface area contributed by atoms with Gasteiger partial charge in [0.2, 0.25) is 5.91 Å². The smallest absolute Gasteiger partial charge is 0.234 e. The summed E-state index contributed by atoms with van der Waals surface area (Å²) in [4.78, 5) is 11.5. The number of carbonyl (C=O) groups excluding carboxylic acids is 1. The van der Waals surface area contributed by atoms with Crippen LogP contribution >= 0.6 is 27.5 Å². The molecule has 0 aromatic heterocycles. The second-order valence-corrected chi connectivity index (χ2v) is 5.42. The highest BCUT2D eigenvalue weighted by Gasteiger charge is 2.17. The third-order valence-corrected chi connectivity index (χ3v) is 3.90. The van der Waals surface area contributed by atoms with Gasteiger partial charge < -0.3 is 5.32 Å². The number of alkyl halides is 1. The lowest BCUT2D eigenvalue weighted by Crippen LogP contribution is -2.33. The third-order valence-electron chi connectivity index (χ3n) is 2.19. The summed E-state index contributed by atoms with van der Waals surface area (Å²) in [6.45, 7) is 4.50. The fourth-order valence-corrected chi connectivity index (χ4v) is 1.61. The zero-order valence-electron chi connectivity index (χ0n) is 9.34. The van der Waals surface area contributed by atoms with E-state index in [4.69, 9.17) is 11.6 Å². The van der Waals surface area contributed by atoms with Gasteiger partial charge in [-0.2, -0.15) is 0 Å². The Morgan fingerprint density at radius 3 is 2.75 bits per heavy atom. The van der Waals surface area contributed by atoms with E-state index in [9.17, 15) is 4.79 Å². The number of carbonyl (C=O) groups is 1. The molecule has 1 aromatic rings. The van der Waals surface area contributed by atoms with Gasteiger partial charge in [-0.15, -0.1) is 0 Å². The van der Waals surface area contributed by atoms with Gasteiger partial charge in [-0.25, -0.2) is 0 Å². The van der Waals surface area contributed by atoms with Crippen molar-refractivity contribution in [3.8, 4) is 0 Å². The largest absolute Gasteiger partial charge is 0.351 e. The summed E-state index contributed by atoms with van der Waals surface area (Å²) < 4.78 is 0. The highest BCUT2D eigenvalue weighted by atomic mass is 79.9. The third kappa shape index (κ3) is 4.14. The Morgan fingerprint density at radius 2 is 2.19 bits per heavy atom. The van der Waals surface area contributed by atoms with Gasteiger partial charge in [0, 0.05) is 11.6 Å². The Hall–Kier alpha value is -0.540. The molecular weight excluding hydrogens is 289 g/mol. The molecule has 0 bridgehead atoms. The molecule has 0 heterocycles.